The molecule has 3 atom stereocenters. The molecule has 0 spiro atoms. The van der Waals surface area contributed by atoms with Crippen molar-refractivity contribution in [3.63, 3.8) is 0 Å². The number of ketones is 1. The number of ether oxygens (including phenoxy) is 1. The average molecular weight is 439 g/mol. The molecule has 2 aromatic rings. The highest BCUT2D eigenvalue weighted by molar-refractivity contribution is 5.83. The summed E-state index contributed by atoms with van der Waals surface area (Å²) in [6.45, 7) is 4.10. The Labute approximate surface area is 191 Å². The van der Waals surface area contributed by atoms with E-state index in [-0.39, 0.29) is 11.7 Å². The molecule has 0 amide bonds. The van der Waals surface area contributed by atoms with Gasteiger partial charge in [-0.1, -0.05) is 19.1 Å². The van der Waals surface area contributed by atoms with Gasteiger partial charge in [0.25, 0.3) is 0 Å². The van der Waals surface area contributed by atoms with E-state index in [4.69, 9.17) is 4.74 Å². The van der Waals surface area contributed by atoms with Crippen molar-refractivity contribution >= 4 is 5.78 Å². The Morgan fingerprint density at radius 1 is 1.19 bits per heavy atom. The molecule has 1 aromatic heterocycles. The summed E-state index contributed by atoms with van der Waals surface area (Å²) in [6.07, 6.45) is 9.00. The number of methoxy groups -OCH3 is 1. The first-order valence-electron chi connectivity index (χ1n) is 12.0. The van der Waals surface area contributed by atoms with Gasteiger partial charge in [0.1, 0.15) is 5.78 Å². The van der Waals surface area contributed by atoms with Crippen LogP contribution in [0.4, 0.5) is 4.39 Å². The van der Waals surface area contributed by atoms with Crippen molar-refractivity contribution in [2.75, 3.05) is 20.2 Å². The summed E-state index contributed by atoms with van der Waals surface area (Å²) in [6, 6.07) is 9.45. The maximum atomic E-state index is 13.7. The fourth-order valence-corrected chi connectivity index (χ4v) is 5.46. The van der Waals surface area contributed by atoms with Crippen LogP contribution in [-0.2, 0) is 11.2 Å². The molecule has 2 fully saturated rings. The van der Waals surface area contributed by atoms with Crippen LogP contribution in [0.25, 0.3) is 0 Å². The molecule has 4 nitrogen and oxygen atoms in total. The minimum absolute atomic E-state index is 0.191. The Morgan fingerprint density at radius 3 is 2.72 bits per heavy atom. The van der Waals surface area contributed by atoms with Gasteiger partial charge < -0.3 is 10.1 Å². The predicted octanol–water partition coefficient (Wildman–Crippen LogP) is 5.42. The van der Waals surface area contributed by atoms with Gasteiger partial charge in [0.05, 0.1) is 7.11 Å². The molecule has 2 heterocycles. The summed E-state index contributed by atoms with van der Waals surface area (Å²) in [4.78, 5) is 17.2. The van der Waals surface area contributed by atoms with E-state index in [1.807, 2.05) is 18.3 Å². The Balaban J connectivity index is 1.29. The SMILES string of the molecule is COc1cc([C@@H](C)C[C@H]2CC[C@@H](c3ccc(CC(=O)C4CCNCC4)nc3)C2)ccc1F. The van der Waals surface area contributed by atoms with Gasteiger partial charge >= 0.3 is 0 Å². The third kappa shape index (κ3) is 5.55. The molecular weight excluding hydrogens is 403 g/mol. The van der Waals surface area contributed by atoms with E-state index in [2.05, 4.69) is 29.4 Å². The van der Waals surface area contributed by atoms with Crippen LogP contribution in [-0.4, -0.2) is 31.0 Å². The van der Waals surface area contributed by atoms with Gasteiger partial charge in [-0.2, -0.15) is 0 Å². The predicted molar refractivity (Wildman–Crippen MR) is 125 cm³/mol. The number of Topliss-reactive ketones (excluding diaryl/α,β-unsaturated/α-hetero) is 1. The number of halogens is 1. The topological polar surface area (TPSA) is 51.2 Å². The van der Waals surface area contributed by atoms with E-state index in [0.717, 1.165) is 50.0 Å². The van der Waals surface area contributed by atoms with Crippen LogP contribution in [0.2, 0.25) is 0 Å². The number of nitrogens with one attached hydrogen (secondary N) is 1. The number of nitrogens with zero attached hydrogens (tertiary/aromatic N) is 1. The number of carbonyl (C=O) groups is 1. The zero-order chi connectivity index (χ0) is 22.5. The Hall–Kier alpha value is -2.27. The first-order valence-corrected chi connectivity index (χ1v) is 12.0. The number of piperidine rings is 1. The lowest BCUT2D eigenvalue weighted by Gasteiger charge is -2.21. The molecule has 4 rings (SSSR count). The van der Waals surface area contributed by atoms with Gasteiger partial charge in [0, 0.05) is 24.2 Å². The lowest BCUT2D eigenvalue weighted by molar-refractivity contribution is -0.123. The summed E-state index contributed by atoms with van der Waals surface area (Å²) >= 11 is 0. The molecule has 0 unspecified atom stereocenters. The Kier molecular flexibility index (Phi) is 7.56. The second-order valence-electron chi connectivity index (χ2n) is 9.66. The molecule has 2 aliphatic rings. The molecule has 1 N–H and O–H groups in total. The first-order chi connectivity index (χ1) is 15.5. The van der Waals surface area contributed by atoms with Crippen LogP contribution < -0.4 is 10.1 Å². The molecule has 1 saturated carbocycles. The normalized spacial score (nSPS) is 22.6. The zero-order valence-corrected chi connectivity index (χ0v) is 19.3. The molecule has 172 valence electrons. The Bertz CT molecular complexity index is 908. The summed E-state index contributed by atoms with van der Waals surface area (Å²) in [5.74, 6) is 2.11. The number of pyridine rings is 1. The van der Waals surface area contributed by atoms with Gasteiger partial charge in [-0.15, -0.1) is 0 Å². The van der Waals surface area contributed by atoms with Crippen molar-refractivity contribution in [3.05, 3.63) is 59.2 Å². The second kappa shape index (κ2) is 10.6. The van der Waals surface area contributed by atoms with Gasteiger partial charge in [0.2, 0.25) is 0 Å². The summed E-state index contributed by atoms with van der Waals surface area (Å²) in [5.41, 5.74) is 3.32. The maximum absolute atomic E-state index is 13.7. The number of hydrogen-bond donors (Lipinski definition) is 1. The van der Waals surface area contributed by atoms with Gasteiger partial charge in [-0.05, 0) is 98.7 Å². The summed E-state index contributed by atoms with van der Waals surface area (Å²) in [5, 5.41) is 3.32. The van der Waals surface area contributed by atoms with Crippen LogP contribution in [0, 0.1) is 17.7 Å². The minimum atomic E-state index is -0.308. The molecule has 0 radical (unpaired) electrons. The van der Waals surface area contributed by atoms with Crippen molar-refractivity contribution in [3.8, 4) is 5.75 Å². The number of carbonyl (C=O) groups excluding carboxylic acids is 1. The van der Waals surface area contributed by atoms with E-state index in [9.17, 15) is 9.18 Å². The van der Waals surface area contributed by atoms with E-state index in [0.29, 0.717) is 35.7 Å². The highest BCUT2D eigenvalue weighted by Gasteiger charge is 2.28. The van der Waals surface area contributed by atoms with Crippen molar-refractivity contribution < 1.29 is 13.9 Å². The van der Waals surface area contributed by atoms with E-state index in [1.165, 1.54) is 31.6 Å². The number of benzene rings is 1. The minimum Gasteiger partial charge on any atom is -0.494 e. The molecule has 1 aliphatic carbocycles. The molecule has 1 aliphatic heterocycles. The standard InChI is InChI=1S/C27H35FN2O2/c1-18(21-6-8-25(28)27(15-21)32-2)13-19-3-4-22(14-19)23-5-7-24(30-17-23)16-26(31)20-9-11-29-12-10-20/h5-8,15,17-20,22,29H,3-4,9-14,16H2,1-2H3/t18-,19+,22+/m0/s1. The Morgan fingerprint density at radius 2 is 2.00 bits per heavy atom. The molecule has 0 bridgehead atoms. The molecule has 1 saturated heterocycles. The molecule has 32 heavy (non-hydrogen) atoms. The monoisotopic (exact) mass is 438 g/mol. The fraction of sp³-hybridized carbons (Fsp3) is 0.556. The van der Waals surface area contributed by atoms with Gasteiger partial charge in [-0.3, -0.25) is 9.78 Å². The van der Waals surface area contributed by atoms with E-state index in [1.54, 1.807) is 0 Å². The van der Waals surface area contributed by atoms with E-state index >= 15 is 0 Å². The van der Waals surface area contributed by atoms with Crippen LogP contribution in [0.5, 0.6) is 5.75 Å². The molecule has 5 heteroatoms. The van der Waals surface area contributed by atoms with Crippen LogP contribution in [0.1, 0.15) is 74.1 Å². The number of aromatic nitrogens is 1. The van der Waals surface area contributed by atoms with Crippen LogP contribution in [0.3, 0.4) is 0 Å². The van der Waals surface area contributed by atoms with E-state index < -0.39 is 0 Å². The smallest absolute Gasteiger partial charge is 0.165 e. The van der Waals surface area contributed by atoms with Crippen molar-refractivity contribution in [2.45, 2.75) is 63.7 Å². The highest BCUT2D eigenvalue weighted by Crippen LogP contribution is 2.42. The van der Waals surface area contributed by atoms with Crippen LogP contribution >= 0.6 is 0 Å². The summed E-state index contributed by atoms with van der Waals surface area (Å²) in [7, 11) is 1.51. The van der Waals surface area contributed by atoms with Crippen molar-refractivity contribution in [1.82, 2.24) is 10.3 Å². The highest BCUT2D eigenvalue weighted by atomic mass is 19.1. The number of rotatable bonds is 8. The number of hydrogen-bond acceptors (Lipinski definition) is 4. The van der Waals surface area contributed by atoms with Crippen molar-refractivity contribution in [1.29, 1.82) is 0 Å². The van der Waals surface area contributed by atoms with Crippen molar-refractivity contribution in [2.24, 2.45) is 11.8 Å². The summed E-state index contributed by atoms with van der Waals surface area (Å²) < 4.78 is 18.9. The lowest BCUT2D eigenvalue weighted by Crippen LogP contribution is -2.32. The average Bonchev–Trinajstić information content (AvgIpc) is 3.28. The largest absolute Gasteiger partial charge is 0.494 e. The second-order valence-corrected chi connectivity index (χ2v) is 9.66. The lowest BCUT2D eigenvalue weighted by atomic mass is 9.88. The van der Waals surface area contributed by atoms with Crippen LogP contribution in [0.15, 0.2) is 36.5 Å². The van der Waals surface area contributed by atoms with Gasteiger partial charge in [-0.25, -0.2) is 4.39 Å². The first kappa shape index (κ1) is 22.9. The maximum Gasteiger partial charge on any atom is 0.165 e. The molecular formula is C27H35FN2O2. The third-order valence-electron chi connectivity index (χ3n) is 7.44. The molecule has 1 aromatic carbocycles. The zero-order valence-electron chi connectivity index (χ0n) is 19.3. The third-order valence-corrected chi connectivity index (χ3v) is 7.44. The quantitative estimate of drug-likeness (QED) is 0.598. The van der Waals surface area contributed by atoms with Gasteiger partial charge in [0.15, 0.2) is 11.6 Å². The fourth-order valence-electron chi connectivity index (χ4n) is 5.46.